The van der Waals surface area contributed by atoms with Crippen molar-refractivity contribution < 1.29 is 4.79 Å². The zero-order valence-corrected chi connectivity index (χ0v) is 9.26. The molecule has 17 heavy (non-hydrogen) atoms. The fourth-order valence-electron chi connectivity index (χ4n) is 1.80. The predicted molar refractivity (Wildman–Crippen MR) is 61.2 cm³/mol. The monoisotopic (exact) mass is 231 g/mol. The van der Waals surface area contributed by atoms with E-state index < -0.39 is 0 Å². The SMILES string of the molecule is O=C(NCc1nnc2ccccn12)C1CNC1. The van der Waals surface area contributed by atoms with E-state index in [1.54, 1.807) is 0 Å². The zero-order chi connectivity index (χ0) is 11.7. The molecule has 2 N–H and O–H groups in total. The molecule has 0 unspecified atom stereocenters. The van der Waals surface area contributed by atoms with E-state index in [0.717, 1.165) is 24.6 Å². The second-order valence-electron chi connectivity index (χ2n) is 4.12. The van der Waals surface area contributed by atoms with Gasteiger partial charge in [0.25, 0.3) is 0 Å². The van der Waals surface area contributed by atoms with Crippen molar-refractivity contribution in [3.63, 3.8) is 0 Å². The number of nitrogens with zero attached hydrogens (tertiary/aromatic N) is 3. The molecular formula is C11H13N5O. The molecule has 3 heterocycles. The van der Waals surface area contributed by atoms with Crippen molar-refractivity contribution in [1.29, 1.82) is 0 Å². The van der Waals surface area contributed by atoms with Gasteiger partial charge in [-0.15, -0.1) is 10.2 Å². The number of hydrogen-bond acceptors (Lipinski definition) is 4. The van der Waals surface area contributed by atoms with Crippen LogP contribution in [-0.2, 0) is 11.3 Å². The van der Waals surface area contributed by atoms with Gasteiger partial charge in [-0.05, 0) is 12.1 Å². The Labute approximate surface area is 98.0 Å². The molecule has 0 radical (unpaired) electrons. The molecule has 0 saturated carbocycles. The Morgan fingerprint density at radius 1 is 1.47 bits per heavy atom. The molecule has 0 atom stereocenters. The number of amides is 1. The van der Waals surface area contributed by atoms with E-state index >= 15 is 0 Å². The maximum absolute atomic E-state index is 11.6. The lowest BCUT2D eigenvalue weighted by molar-refractivity contribution is -0.126. The highest BCUT2D eigenvalue weighted by Gasteiger charge is 2.24. The lowest BCUT2D eigenvalue weighted by Crippen LogP contribution is -2.50. The molecule has 0 bridgehead atoms. The lowest BCUT2D eigenvalue weighted by atomic mass is 10.0. The van der Waals surface area contributed by atoms with Crippen molar-refractivity contribution in [2.75, 3.05) is 13.1 Å². The third kappa shape index (κ3) is 1.87. The van der Waals surface area contributed by atoms with Crippen LogP contribution in [0.4, 0.5) is 0 Å². The van der Waals surface area contributed by atoms with Crippen LogP contribution in [0.5, 0.6) is 0 Å². The number of pyridine rings is 1. The summed E-state index contributed by atoms with van der Waals surface area (Å²) in [6, 6.07) is 5.71. The molecule has 0 spiro atoms. The van der Waals surface area contributed by atoms with E-state index in [9.17, 15) is 4.79 Å². The molecule has 0 aliphatic carbocycles. The number of aromatic nitrogens is 3. The topological polar surface area (TPSA) is 71.3 Å². The molecule has 6 heteroatoms. The van der Waals surface area contributed by atoms with E-state index in [-0.39, 0.29) is 11.8 Å². The minimum absolute atomic E-state index is 0.0800. The third-order valence-electron chi connectivity index (χ3n) is 2.96. The molecule has 2 aromatic rings. The standard InChI is InChI=1S/C11H13N5O/c17-11(8-5-12-6-8)13-7-10-15-14-9-3-1-2-4-16(9)10/h1-4,8,12H,5-7H2,(H,13,17). The van der Waals surface area contributed by atoms with E-state index in [2.05, 4.69) is 20.8 Å². The molecule has 2 aromatic heterocycles. The number of hydrogen-bond donors (Lipinski definition) is 2. The van der Waals surface area contributed by atoms with Gasteiger partial charge in [-0.1, -0.05) is 6.07 Å². The number of carbonyl (C=O) groups is 1. The van der Waals surface area contributed by atoms with Gasteiger partial charge >= 0.3 is 0 Å². The highest BCUT2D eigenvalue weighted by molar-refractivity contribution is 5.79. The molecule has 3 rings (SSSR count). The van der Waals surface area contributed by atoms with Gasteiger partial charge in [0.05, 0.1) is 12.5 Å². The highest BCUT2D eigenvalue weighted by Crippen LogP contribution is 2.05. The average molecular weight is 231 g/mol. The molecule has 0 aromatic carbocycles. The maximum atomic E-state index is 11.6. The quantitative estimate of drug-likeness (QED) is 0.751. The molecule has 88 valence electrons. The largest absolute Gasteiger partial charge is 0.348 e. The van der Waals surface area contributed by atoms with E-state index in [1.807, 2.05) is 28.8 Å². The highest BCUT2D eigenvalue weighted by atomic mass is 16.2. The normalized spacial score (nSPS) is 15.8. The molecule has 6 nitrogen and oxygen atoms in total. The Morgan fingerprint density at radius 3 is 3.12 bits per heavy atom. The molecule has 1 saturated heterocycles. The molecule has 1 amide bonds. The van der Waals surface area contributed by atoms with Crippen LogP contribution < -0.4 is 10.6 Å². The second-order valence-corrected chi connectivity index (χ2v) is 4.12. The van der Waals surface area contributed by atoms with Crippen LogP contribution in [0.1, 0.15) is 5.82 Å². The summed E-state index contributed by atoms with van der Waals surface area (Å²) in [6.07, 6.45) is 1.89. The molecule has 1 aliphatic rings. The average Bonchev–Trinajstić information content (AvgIpc) is 2.67. The summed E-state index contributed by atoms with van der Waals surface area (Å²) in [7, 11) is 0. The van der Waals surface area contributed by atoms with Crippen LogP contribution in [0.25, 0.3) is 5.65 Å². The zero-order valence-electron chi connectivity index (χ0n) is 9.26. The summed E-state index contributed by atoms with van der Waals surface area (Å²) in [5.41, 5.74) is 0.794. The van der Waals surface area contributed by atoms with Crippen molar-refractivity contribution in [2.24, 2.45) is 5.92 Å². The van der Waals surface area contributed by atoms with Crippen LogP contribution in [0, 0.1) is 5.92 Å². The Hall–Kier alpha value is -1.95. The van der Waals surface area contributed by atoms with Crippen LogP contribution in [-0.4, -0.2) is 33.6 Å². The van der Waals surface area contributed by atoms with Gasteiger partial charge < -0.3 is 10.6 Å². The number of rotatable bonds is 3. The van der Waals surface area contributed by atoms with E-state index in [1.165, 1.54) is 0 Å². The van der Waals surface area contributed by atoms with Gasteiger partial charge in [-0.3, -0.25) is 9.20 Å². The van der Waals surface area contributed by atoms with Crippen molar-refractivity contribution in [3.8, 4) is 0 Å². The van der Waals surface area contributed by atoms with Crippen molar-refractivity contribution >= 4 is 11.6 Å². The van der Waals surface area contributed by atoms with Crippen molar-refractivity contribution in [3.05, 3.63) is 30.2 Å². The lowest BCUT2D eigenvalue weighted by Gasteiger charge is -2.25. The minimum Gasteiger partial charge on any atom is -0.348 e. The van der Waals surface area contributed by atoms with Crippen LogP contribution in [0.2, 0.25) is 0 Å². The maximum Gasteiger partial charge on any atom is 0.226 e. The minimum atomic E-state index is 0.0800. The van der Waals surface area contributed by atoms with Gasteiger partial charge in [0.1, 0.15) is 0 Å². The number of fused-ring (bicyclic) bond motifs is 1. The van der Waals surface area contributed by atoms with Crippen LogP contribution >= 0.6 is 0 Å². The first kappa shape index (κ1) is 10.2. The first-order valence-corrected chi connectivity index (χ1v) is 5.61. The summed E-state index contributed by atoms with van der Waals surface area (Å²) in [5.74, 6) is 0.937. The van der Waals surface area contributed by atoms with Crippen molar-refractivity contribution in [1.82, 2.24) is 25.2 Å². The smallest absolute Gasteiger partial charge is 0.226 e. The predicted octanol–water partition coefficient (Wildman–Crippen LogP) is -0.435. The molecular weight excluding hydrogens is 218 g/mol. The van der Waals surface area contributed by atoms with Gasteiger partial charge in [0, 0.05) is 19.3 Å². The second kappa shape index (κ2) is 4.14. The van der Waals surface area contributed by atoms with Gasteiger partial charge in [-0.2, -0.15) is 0 Å². The summed E-state index contributed by atoms with van der Waals surface area (Å²) in [6.45, 7) is 1.96. The Morgan fingerprint density at radius 2 is 2.35 bits per heavy atom. The van der Waals surface area contributed by atoms with Gasteiger partial charge in [0.2, 0.25) is 5.91 Å². The Kier molecular flexibility index (Phi) is 2.49. The number of nitrogens with one attached hydrogen (secondary N) is 2. The summed E-state index contributed by atoms with van der Waals surface area (Å²) < 4.78 is 1.87. The molecule has 1 aliphatic heterocycles. The summed E-state index contributed by atoms with van der Waals surface area (Å²) in [4.78, 5) is 11.6. The molecule has 1 fully saturated rings. The van der Waals surface area contributed by atoms with Crippen LogP contribution in [0.3, 0.4) is 0 Å². The van der Waals surface area contributed by atoms with Gasteiger partial charge in [-0.25, -0.2) is 0 Å². The van der Waals surface area contributed by atoms with Crippen LogP contribution in [0.15, 0.2) is 24.4 Å². The Balaban J connectivity index is 1.70. The van der Waals surface area contributed by atoms with Crippen molar-refractivity contribution in [2.45, 2.75) is 6.54 Å². The fourth-order valence-corrected chi connectivity index (χ4v) is 1.80. The van der Waals surface area contributed by atoms with E-state index in [4.69, 9.17) is 0 Å². The Bertz CT molecular complexity index is 546. The van der Waals surface area contributed by atoms with Gasteiger partial charge in [0.15, 0.2) is 11.5 Å². The third-order valence-corrected chi connectivity index (χ3v) is 2.96. The number of carbonyl (C=O) groups excluding carboxylic acids is 1. The first-order chi connectivity index (χ1) is 8.34. The van der Waals surface area contributed by atoms with E-state index in [0.29, 0.717) is 6.54 Å². The fraction of sp³-hybridized carbons (Fsp3) is 0.364. The first-order valence-electron chi connectivity index (χ1n) is 5.61. The summed E-state index contributed by atoms with van der Waals surface area (Å²) >= 11 is 0. The summed E-state index contributed by atoms with van der Waals surface area (Å²) in [5, 5.41) is 14.0.